The Bertz CT molecular complexity index is 541. The lowest BCUT2D eigenvalue weighted by molar-refractivity contribution is 0.0454. The molecule has 0 radical (unpaired) electrons. The van der Waals surface area contributed by atoms with Gasteiger partial charge in [0.2, 0.25) is 0 Å². The van der Waals surface area contributed by atoms with Crippen molar-refractivity contribution in [3.63, 3.8) is 0 Å². The zero-order valence-electron chi connectivity index (χ0n) is 11.4. The van der Waals surface area contributed by atoms with Crippen LogP contribution in [-0.2, 0) is 17.9 Å². The first-order valence-electron chi connectivity index (χ1n) is 7.14. The average Bonchev–Trinajstić information content (AvgIpc) is 3.04. The van der Waals surface area contributed by atoms with E-state index in [1.807, 2.05) is 19.2 Å². The number of para-hydroxylation sites is 1. The van der Waals surface area contributed by atoms with Gasteiger partial charge in [0.05, 0.1) is 19.3 Å². The van der Waals surface area contributed by atoms with Crippen LogP contribution in [0.2, 0.25) is 0 Å². The lowest BCUT2D eigenvalue weighted by Gasteiger charge is -2.11. The molecule has 102 valence electrons. The van der Waals surface area contributed by atoms with Crippen molar-refractivity contribution in [1.82, 2.24) is 5.32 Å². The maximum absolute atomic E-state index is 6.05. The molecule has 0 saturated heterocycles. The molecule has 1 saturated carbocycles. The molecule has 0 spiro atoms. The van der Waals surface area contributed by atoms with E-state index in [2.05, 4.69) is 17.4 Å². The van der Waals surface area contributed by atoms with Crippen molar-refractivity contribution in [3.8, 4) is 0 Å². The van der Waals surface area contributed by atoms with Gasteiger partial charge in [-0.15, -0.1) is 0 Å². The van der Waals surface area contributed by atoms with E-state index in [1.54, 1.807) is 0 Å². The summed E-state index contributed by atoms with van der Waals surface area (Å²) in [5, 5.41) is 4.35. The summed E-state index contributed by atoms with van der Waals surface area (Å²) in [7, 11) is 1.94. The van der Waals surface area contributed by atoms with Crippen LogP contribution in [0.15, 0.2) is 28.7 Å². The van der Waals surface area contributed by atoms with Crippen LogP contribution in [0.1, 0.15) is 37.0 Å². The van der Waals surface area contributed by atoms with Crippen LogP contribution in [0.25, 0.3) is 11.0 Å². The molecule has 0 unspecified atom stereocenters. The summed E-state index contributed by atoms with van der Waals surface area (Å²) in [4.78, 5) is 0. The van der Waals surface area contributed by atoms with Crippen LogP contribution in [0.5, 0.6) is 0 Å². The van der Waals surface area contributed by atoms with Gasteiger partial charge in [-0.25, -0.2) is 0 Å². The third kappa shape index (κ3) is 2.67. The molecule has 0 bridgehead atoms. The van der Waals surface area contributed by atoms with Crippen molar-refractivity contribution in [3.05, 3.63) is 35.6 Å². The Balaban J connectivity index is 1.84. The predicted octanol–water partition coefficient (Wildman–Crippen LogP) is 3.61. The molecule has 0 atom stereocenters. The first-order valence-corrected chi connectivity index (χ1v) is 7.14. The molecular formula is C16H21NO2. The minimum absolute atomic E-state index is 0.441. The van der Waals surface area contributed by atoms with E-state index in [0.29, 0.717) is 12.7 Å². The number of furan rings is 1. The van der Waals surface area contributed by atoms with E-state index in [0.717, 1.165) is 17.9 Å². The lowest BCUT2D eigenvalue weighted by Crippen LogP contribution is -2.10. The number of fused-ring (bicyclic) bond motifs is 1. The molecule has 3 rings (SSSR count). The fourth-order valence-electron chi connectivity index (χ4n) is 2.87. The van der Waals surface area contributed by atoms with Crippen molar-refractivity contribution in [2.45, 2.75) is 44.9 Å². The van der Waals surface area contributed by atoms with Gasteiger partial charge < -0.3 is 14.5 Å². The molecule has 3 nitrogen and oxygen atoms in total. The Morgan fingerprint density at radius 1 is 1.26 bits per heavy atom. The van der Waals surface area contributed by atoms with Gasteiger partial charge in [0.15, 0.2) is 0 Å². The highest BCUT2D eigenvalue weighted by atomic mass is 16.5. The summed E-state index contributed by atoms with van der Waals surface area (Å²) >= 11 is 0. The summed E-state index contributed by atoms with van der Waals surface area (Å²) in [6, 6.07) is 8.20. The minimum Gasteiger partial charge on any atom is -0.459 e. The largest absolute Gasteiger partial charge is 0.459 e. The van der Waals surface area contributed by atoms with Gasteiger partial charge in [-0.05, 0) is 26.0 Å². The summed E-state index contributed by atoms with van der Waals surface area (Å²) in [6.45, 7) is 1.41. The summed E-state index contributed by atoms with van der Waals surface area (Å²) in [5.41, 5.74) is 2.16. The molecule has 1 fully saturated rings. The van der Waals surface area contributed by atoms with Gasteiger partial charge >= 0.3 is 0 Å². The second-order valence-electron chi connectivity index (χ2n) is 5.25. The predicted molar refractivity (Wildman–Crippen MR) is 76.0 cm³/mol. The SMILES string of the molecule is CNCc1oc2ccccc2c1COC1CCCC1. The Labute approximate surface area is 113 Å². The number of hydrogen-bond acceptors (Lipinski definition) is 3. The van der Waals surface area contributed by atoms with Crippen molar-refractivity contribution < 1.29 is 9.15 Å². The molecule has 2 aromatic rings. The highest BCUT2D eigenvalue weighted by Crippen LogP contribution is 2.29. The monoisotopic (exact) mass is 259 g/mol. The smallest absolute Gasteiger partial charge is 0.134 e. The quantitative estimate of drug-likeness (QED) is 0.890. The van der Waals surface area contributed by atoms with Crippen LogP contribution >= 0.6 is 0 Å². The molecule has 3 heteroatoms. The summed E-state index contributed by atoms with van der Waals surface area (Å²) in [5.74, 6) is 1.00. The van der Waals surface area contributed by atoms with Gasteiger partial charge in [-0.1, -0.05) is 31.0 Å². The molecule has 0 amide bonds. The molecule has 19 heavy (non-hydrogen) atoms. The van der Waals surface area contributed by atoms with Crippen LogP contribution in [-0.4, -0.2) is 13.2 Å². The molecule has 1 aromatic carbocycles. The second-order valence-corrected chi connectivity index (χ2v) is 5.25. The second kappa shape index (κ2) is 5.76. The van der Waals surface area contributed by atoms with E-state index in [1.165, 1.54) is 36.6 Å². The fourth-order valence-corrected chi connectivity index (χ4v) is 2.87. The summed E-state index contributed by atoms with van der Waals surface area (Å²) < 4.78 is 12.0. The molecule has 1 aliphatic carbocycles. The van der Waals surface area contributed by atoms with Crippen LogP contribution in [0, 0.1) is 0 Å². The van der Waals surface area contributed by atoms with Crippen molar-refractivity contribution in [2.75, 3.05) is 7.05 Å². The zero-order valence-corrected chi connectivity index (χ0v) is 11.4. The molecule has 1 aliphatic rings. The van der Waals surface area contributed by atoms with E-state index < -0.39 is 0 Å². The van der Waals surface area contributed by atoms with E-state index in [4.69, 9.17) is 9.15 Å². The number of nitrogens with one attached hydrogen (secondary N) is 1. The average molecular weight is 259 g/mol. The zero-order chi connectivity index (χ0) is 13.1. The van der Waals surface area contributed by atoms with E-state index in [9.17, 15) is 0 Å². The van der Waals surface area contributed by atoms with Crippen LogP contribution in [0.4, 0.5) is 0 Å². The van der Waals surface area contributed by atoms with Crippen molar-refractivity contribution in [2.24, 2.45) is 0 Å². The Morgan fingerprint density at radius 2 is 2.05 bits per heavy atom. The molecular weight excluding hydrogens is 238 g/mol. The lowest BCUT2D eigenvalue weighted by atomic mass is 10.1. The van der Waals surface area contributed by atoms with E-state index in [-0.39, 0.29) is 0 Å². The third-order valence-corrected chi connectivity index (χ3v) is 3.88. The highest BCUT2D eigenvalue weighted by molar-refractivity contribution is 5.82. The third-order valence-electron chi connectivity index (χ3n) is 3.88. The number of benzene rings is 1. The van der Waals surface area contributed by atoms with Crippen LogP contribution in [0.3, 0.4) is 0 Å². The minimum atomic E-state index is 0.441. The molecule has 0 aliphatic heterocycles. The normalized spacial score (nSPS) is 16.5. The Morgan fingerprint density at radius 3 is 2.84 bits per heavy atom. The number of hydrogen-bond donors (Lipinski definition) is 1. The first-order chi connectivity index (χ1) is 9.38. The van der Waals surface area contributed by atoms with Gasteiger partial charge in [0.1, 0.15) is 11.3 Å². The molecule has 1 heterocycles. The highest BCUT2D eigenvalue weighted by Gasteiger charge is 2.18. The van der Waals surface area contributed by atoms with Gasteiger partial charge in [0, 0.05) is 10.9 Å². The standard InChI is InChI=1S/C16H21NO2/c1-17-10-16-14(11-18-12-6-2-3-7-12)13-8-4-5-9-15(13)19-16/h4-5,8-9,12,17H,2-3,6-7,10-11H2,1H3. The molecule has 1 aromatic heterocycles. The number of ether oxygens (including phenoxy) is 1. The topological polar surface area (TPSA) is 34.4 Å². The Hall–Kier alpha value is -1.32. The van der Waals surface area contributed by atoms with Crippen molar-refractivity contribution in [1.29, 1.82) is 0 Å². The molecule has 1 N–H and O–H groups in total. The van der Waals surface area contributed by atoms with E-state index >= 15 is 0 Å². The van der Waals surface area contributed by atoms with Gasteiger partial charge in [-0.2, -0.15) is 0 Å². The van der Waals surface area contributed by atoms with Gasteiger partial charge in [0.25, 0.3) is 0 Å². The summed E-state index contributed by atoms with van der Waals surface area (Å²) in [6.07, 6.45) is 5.46. The van der Waals surface area contributed by atoms with Gasteiger partial charge in [-0.3, -0.25) is 0 Å². The van der Waals surface area contributed by atoms with Crippen molar-refractivity contribution >= 4 is 11.0 Å². The maximum Gasteiger partial charge on any atom is 0.134 e. The van der Waals surface area contributed by atoms with Crippen LogP contribution < -0.4 is 5.32 Å². The fraction of sp³-hybridized carbons (Fsp3) is 0.500. The maximum atomic E-state index is 6.05. The first kappa shape index (κ1) is 12.7. The number of rotatable bonds is 5. The Kier molecular flexibility index (Phi) is 3.85.